The lowest BCUT2D eigenvalue weighted by atomic mass is 10.1. The second-order valence-corrected chi connectivity index (χ2v) is 8.27. The third kappa shape index (κ3) is 3.42. The Kier molecular flexibility index (Phi) is 4.39. The van der Waals surface area contributed by atoms with E-state index in [-0.39, 0.29) is 17.9 Å². The van der Waals surface area contributed by atoms with E-state index < -0.39 is 0 Å². The highest BCUT2D eigenvalue weighted by molar-refractivity contribution is 7.99. The minimum Gasteiger partial charge on any atom is -0.465 e. The van der Waals surface area contributed by atoms with Crippen molar-refractivity contribution < 1.29 is 14.0 Å². The maximum Gasteiger partial charge on any atom is 0.261 e. The highest BCUT2D eigenvalue weighted by atomic mass is 32.2. The molecule has 3 aromatic rings. The predicted octanol–water partition coefficient (Wildman–Crippen LogP) is 4.19. The third-order valence-corrected chi connectivity index (χ3v) is 6.11. The minimum atomic E-state index is -0.183. The summed E-state index contributed by atoms with van der Waals surface area (Å²) in [7, 11) is 0. The number of aryl methyl sites for hydroxylation is 1. The molecule has 29 heavy (non-hydrogen) atoms. The topological polar surface area (TPSA) is 75.4 Å². The molecule has 7 heteroatoms. The molecule has 6 nitrogen and oxygen atoms in total. The molecule has 3 heterocycles. The van der Waals surface area contributed by atoms with Gasteiger partial charge in [-0.25, -0.2) is 4.98 Å². The Balaban J connectivity index is 1.46. The summed E-state index contributed by atoms with van der Waals surface area (Å²) < 4.78 is 5.50. The Bertz CT molecular complexity index is 1120. The van der Waals surface area contributed by atoms with Gasteiger partial charge in [-0.1, -0.05) is 11.8 Å². The summed E-state index contributed by atoms with van der Waals surface area (Å²) in [6.07, 6.45) is 3.68. The molecule has 1 fully saturated rings. The molecule has 0 atom stereocenters. The summed E-state index contributed by atoms with van der Waals surface area (Å²) >= 11 is 1.43. The lowest BCUT2D eigenvalue weighted by Crippen LogP contribution is -2.33. The second-order valence-electron chi connectivity index (χ2n) is 7.24. The van der Waals surface area contributed by atoms with E-state index in [1.165, 1.54) is 11.8 Å². The van der Waals surface area contributed by atoms with Gasteiger partial charge in [-0.05, 0) is 62.2 Å². The molecule has 0 radical (unpaired) electrons. The molecule has 1 saturated carbocycles. The number of hydrogen-bond donors (Lipinski definition) is 1. The number of carbonyl (C=O) groups excluding carboxylic acids is 2. The highest BCUT2D eigenvalue weighted by Crippen LogP contribution is 2.44. The van der Waals surface area contributed by atoms with Crippen molar-refractivity contribution >= 4 is 29.3 Å². The number of furan rings is 1. The molecular weight excluding hydrogens is 386 g/mol. The lowest BCUT2D eigenvalue weighted by Gasteiger charge is -2.22. The number of aromatic nitrogens is 1. The molecule has 0 bridgehead atoms. The standard InChI is InChI=1S/C22H19N3O3S/c1-13-4-8-16(28-13)12-24-20(26)14-5-9-18-19(11-14)29-21-17(3-2-10-23-21)22(27)25(18)15-6-7-15/h2-5,8-11,15H,6-7,12H2,1H3,(H,24,26). The van der Waals surface area contributed by atoms with Crippen molar-refractivity contribution in [3.05, 3.63) is 71.3 Å². The summed E-state index contributed by atoms with van der Waals surface area (Å²) in [5, 5.41) is 3.56. The first kappa shape index (κ1) is 18.0. The van der Waals surface area contributed by atoms with E-state index in [4.69, 9.17) is 4.42 Å². The van der Waals surface area contributed by atoms with Gasteiger partial charge in [-0.2, -0.15) is 0 Å². The van der Waals surface area contributed by atoms with Gasteiger partial charge in [0.2, 0.25) is 0 Å². The Morgan fingerprint density at radius 2 is 2.14 bits per heavy atom. The summed E-state index contributed by atoms with van der Waals surface area (Å²) in [6.45, 7) is 2.20. The number of fused-ring (bicyclic) bond motifs is 2. The third-order valence-electron chi connectivity index (χ3n) is 5.04. The second kappa shape index (κ2) is 7.08. The summed E-state index contributed by atoms with van der Waals surface area (Å²) in [6, 6.07) is 13.0. The predicted molar refractivity (Wildman–Crippen MR) is 109 cm³/mol. The average Bonchev–Trinajstić information content (AvgIpc) is 3.49. The van der Waals surface area contributed by atoms with E-state index in [9.17, 15) is 9.59 Å². The summed E-state index contributed by atoms with van der Waals surface area (Å²) in [4.78, 5) is 32.9. The van der Waals surface area contributed by atoms with Crippen LogP contribution in [-0.4, -0.2) is 22.8 Å². The van der Waals surface area contributed by atoms with Crippen LogP contribution in [0.4, 0.5) is 5.69 Å². The van der Waals surface area contributed by atoms with E-state index in [1.807, 2.05) is 42.2 Å². The number of rotatable bonds is 4. The summed E-state index contributed by atoms with van der Waals surface area (Å²) in [5.74, 6) is 1.32. The Hall–Kier alpha value is -3.06. The molecule has 0 saturated heterocycles. The van der Waals surface area contributed by atoms with E-state index >= 15 is 0 Å². The number of pyridine rings is 1. The van der Waals surface area contributed by atoms with Gasteiger partial charge in [0, 0.05) is 22.7 Å². The van der Waals surface area contributed by atoms with Crippen LogP contribution in [0.15, 0.2) is 63.0 Å². The maximum atomic E-state index is 13.1. The number of nitrogens with zero attached hydrogens (tertiary/aromatic N) is 2. The molecule has 2 amide bonds. The average molecular weight is 405 g/mol. The molecule has 5 rings (SSSR count). The molecule has 2 aromatic heterocycles. The van der Waals surface area contributed by atoms with Gasteiger partial charge in [0.25, 0.3) is 11.8 Å². The van der Waals surface area contributed by atoms with Crippen LogP contribution in [0.5, 0.6) is 0 Å². The fourth-order valence-electron chi connectivity index (χ4n) is 3.46. The van der Waals surface area contributed by atoms with Gasteiger partial charge < -0.3 is 14.6 Å². The van der Waals surface area contributed by atoms with Gasteiger partial charge in [-0.15, -0.1) is 0 Å². The maximum absolute atomic E-state index is 13.1. The van der Waals surface area contributed by atoms with Crippen LogP contribution in [0.2, 0.25) is 0 Å². The Morgan fingerprint density at radius 3 is 2.90 bits per heavy atom. The van der Waals surface area contributed by atoms with E-state index in [1.54, 1.807) is 18.3 Å². The zero-order valence-electron chi connectivity index (χ0n) is 15.8. The fourth-order valence-corrected chi connectivity index (χ4v) is 4.50. The van der Waals surface area contributed by atoms with E-state index in [0.29, 0.717) is 28.5 Å². The van der Waals surface area contributed by atoms with Crippen molar-refractivity contribution in [2.75, 3.05) is 4.90 Å². The number of benzene rings is 1. The minimum absolute atomic E-state index is 0.0211. The van der Waals surface area contributed by atoms with Crippen LogP contribution >= 0.6 is 11.8 Å². The van der Waals surface area contributed by atoms with Crippen molar-refractivity contribution in [2.45, 2.75) is 42.3 Å². The smallest absolute Gasteiger partial charge is 0.261 e. The fraction of sp³-hybridized carbons (Fsp3) is 0.227. The van der Waals surface area contributed by atoms with Crippen LogP contribution < -0.4 is 10.2 Å². The summed E-state index contributed by atoms with van der Waals surface area (Å²) in [5.41, 5.74) is 2.00. The lowest BCUT2D eigenvalue weighted by molar-refractivity contribution is 0.0946. The first-order valence-electron chi connectivity index (χ1n) is 9.54. The van der Waals surface area contributed by atoms with Gasteiger partial charge >= 0.3 is 0 Å². The normalized spacial score (nSPS) is 15.5. The first-order valence-corrected chi connectivity index (χ1v) is 10.4. The molecule has 0 spiro atoms. The molecule has 146 valence electrons. The van der Waals surface area contributed by atoms with Crippen molar-refractivity contribution in [1.29, 1.82) is 0 Å². The zero-order valence-corrected chi connectivity index (χ0v) is 16.7. The van der Waals surface area contributed by atoms with E-state index in [0.717, 1.165) is 29.2 Å². The van der Waals surface area contributed by atoms with Gasteiger partial charge in [0.15, 0.2) is 0 Å². The molecule has 0 unspecified atom stereocenters. The van der Waals surface area contributed by atoms with Crippen molar-refractivity contribution in [1.82, 2.24) is 10.3 Å². The van der Waals surface area contributed by atoms with Gasteiger partial charge in [-0.3, -0.25) is 9.59 Å². The van der Waals surface area contributed by atoms with E-state index in [2.05, 4.69) is 10.3 Å². The quantitative estimate of drug-likeness (QED) is 0.705. The monoisotopic (exact) mass is 405 g/mol. The molecule has 1 aliphatic carbocycles. The van der Waals surface area contributed by atoms with Crippen LogP contribution in [-0.2, 0) is 6.54 Å². The van der Waals surface area contributed by atoms with Crippen LogP contribution in [0.1, 0.15) is 45.1 Å². The Morgan fingerprint density at radius 1 is 1.28 bits per heavy atom. The largest absolute Gasteiger partial charge is 0.465 e. The number of carbonyl (C=O) groups is 2. The zero-order chi connectivity index (χ0) is 20.0. The van der Waals surface area contributed by atoms with Crippen LogP contribution in [0.25, 0.3) is 0 Å². The highest BCUT2D eigenvalue weighted by Gasteiger charge is 2.38. The number of nitrogens with one attached hydrogen (secondary N) is 1. The Labute approximate surface area is 172 Å². The SMILES string of the molecule is Cc1ccc(CNC(=O)c2ccc3c(c2)Sc2ncccc2C(=O)N3C2CC2)o1. The number of hydrogen-bond acceptors (Lipinski definition) is 5. The van der Waals surface area contributed by atoms with Crippen molar-refractivity contribution in [2.24, 2.45) is 0 Å². The number of anilines is 1. The van der Waals surface area contributed by atoms with Crippen molar-refractivity contribution in [3.63, 3.8) is 0 Å². The molecule has 1 N–H and O–H groups in total. The van der Waals surface area contributed by atoms with Gasteiger partial charge in [0.05, 0.1) is 17.8 Å². The van der Waals surface area contributed by atoms with Gasteiger partial charge in [0.1, 0.15) is 16.5 Å². The molecule has 1 aromatic carbocycles. The number of amides is 2. The van der Waals surface area contributed by atoms with Crippen LogP contribution in [0.3, 0.4) is 0 Å². The van der Waals surface area contributed by atoms with Crippen LogP contribution in [0, 0.1) is 6.92 Å². The molecule has 2 aliphatic rings. The van der Waals surface area contributed by atoms with Crippen molar-refractivity contribution in [3.8, 4) is 0 Å². The molecular formula is C22H19N3O3S. The molecule has 1 aliphatic heterocycles. The first-order chi connectivity index (χ1) is 14.1.